The fourth-order valence-corrected chi connectivity index (χ4v) is 2.57. The van der Waals surface area contributed by atoms with Gasteiger partial charge in [-0.2, -0.15) is 4.98 Å². The second-order valence-corrected chi connectivity index (χ2v) is 5.45. The molecule has 0 radical (unpaired) electrons. The van der Waals surface area contributed by atoms with Crippen LogP contribution in [0.1, 0.15) is 17.3 Å². The molecule has 2 heterocycles. The Balaban J connectivity index is 1.61. The molecule has 2 aromatic heterocycles. The lowest BCUT2D eigenvalue weighted by Crippen LogP contribution is -1.85. The van der Waals surface area contributed by atoms with Gasteiger partial charge in [-0.1, -0.05) is 23.4 Å². The maximum atomic E-state index is 5.47. The monoisotopic (exact) mass is 333 g/mol. The molecule has 0 amide bonds. The minimum absolute atomic E-state index is 0.414. The number of methoxy groups -OCH3 is 1. The van der Waals surface area contributed by atoms with Crippen molar-refractivity contribution in [3.05, 3.63) is 59.8 Å². The van der Waals surface area contributed by atoms with Gasteiger partial charge in [0.1, 0.15) is 11.3 Å². The van der Waals surface area contributed by atoms with Crippen molar-refractivity contribution < 1.29 is 13.7 Å². The number of oxazole rings is 1. The first-order valence-corrected chi connectivity index (χ1v) is 7.75. The third-order valence-electron chi connectivity index (χ3n) is 3.74. The molecule has 0 unspecified atom stereocenters. The van der Waals surface area contributed by atoms with E-state index in [0.717, 1.165) is 28.0 Å². The topological polar surface area (TPSA) is 74.2 Å². The maximum Gasteiger partial charge on any atom is 0.250 e. The van der Waals surface area contributed by atoms with Crippen molar-refractivity contribution in [2.24, 2.45) is 0 Å². The Labute approximate surface area is 143 Å². The molecule has 0 N–H and O–H groups in total. The van der Waals surface area contributed by atoms with Crippen LogP contribution in [0.4, 0.5) is 0 Å². The number of aryl methyl sites for hydroxylation is 1. The summed E-state index contributed by atoms with van der Waals surface area (Å²) in [6.45, 7) is 1.81. The molecule has 2 aromatic carbocycles. The summed E-state index contributed by atoms with van der Waals surface area (Å²) in [5, 5.41) is 4.03. The Bertz CT molecular complexity index is 1060. The van der Waals surface area contributed by atoms with Crippen LogP contribution in [0.25, 0.3) is 34.6 Å². The molecule has 124 valence electrons. The molecule has 4 rings (SSSR count). The Kier molecular flexibility index (Phi) is 3.78. The lowest BCUT2D eigenvalue weighted by molar-refractivity contribution is 0.411. The molecule has 4 aromatic rings. The highest BCUT2D eigenvalue weighted by Gasteiger charge is 2.10. The van der Waals surface area contributed by atoms with Gasteiger partial charge in [0.25, 0.3) is 5.89 Å². The average Bonchev–Trinajstić information content (AvgIpc) is 3.25. The molecule has 0 saturated heterocycles. The molecule has 0 atom stereocenters. The molecule has 0 spiro atoms. The average molecular weight is 333 g/mol. The second-order valence-electron chi connectivity index (χ2n) is 5.45. The molecular formula is C19H15N3O3. The van der Waals surface area contributed by atoms with Gasteiger partial charge in [0.05, 0.1) is 7.11 Å². The molecule has 0 aliphatic rings. The van der Waals surface area contributed by atoms with Crippen molar-refractivity contribution >= 4 is 23.3 Å². The normalized spacial score (nSPS) is 11.4. The molecular weight excluding hydrogens is 318 g/mol. The van der Waals surface area contributed by atoms with Crippen molar-refractivity contribution in [2.45, 2.75) is 6.92 Å². The molecule has 0 bridgehead atoms. The van der Waals surface area contributed by atoms with Crippen LogP contribution in [0.5, 0.6) is 5.75 Å². The molecule has 0 saturated carbocycles. The summed E-state index contributed by atoms with van der Waals surface area (Å²) in [5.74, 6) is 2.32. The van der Waals surface area contributed by atoms with E-state index in [1.165, 1.54) is 0 Å². The van der Waals surface area contributed by atoms with E-state index in [2.05, 4.69) is 15.1 Å². The Morgan fingerprint density at radius 2 is 1.92 bits per heavy atom. The van der Waals surface area contributed by atoms with Gasteiger partial charge in [-0.3, -0.25) is 0 Å². The lowest BCUT2D eigenvalue weighted by atomic mass is 10.2. The zero-order valence-electron chi connectivity index (χ0n) is 13.8. The van der Waals surface area contributed by atoms with Crippen LogP contribution in [0.3, 0.4) is 0 Å². The van der Waals surface area contributed by atoms with Gasteiger partial charge < -0.3 is 13.7 Å². The minimum Gasteiger partial charge on any atom is -0.496 e. The molecule has 6 heteroatoms. The SMILES string of the molecule is COc1ccccc1C=Cc1nc(-c2ccc3oc(C)nc3c2)no1. The Morgan fingerprint density at radius 1 is 1.04 bits per heavy atom. The molecule has 0 aliphatic carbocycles. The number of hydrogen-bond donors (Lipinski definition) is 0. The predicted molar refractivity (Wildman–Crippen MR) is 94.0 cm³/mol. The van der Waals surface area contributed by atoms with Gasteiger partial charge in [-0.05, 0) is 30.3 Å². The van der Waals surface area contributed by atoms with E-state index in [0.29, 0.717) is 17.6 Å². The van der Waals surface area contributed by atoms with Crippen molar-refractivity contribution in [2.75, 3.05) is 7.11 Å². The number of benzene rings is 2. The largest absolute Gasteiger partial charge is 0.496 e. The second kappa shape index (κ2) is 6.24. The van der Waals surface area contributed by atoms with Gasteiger partial charge in [0.15, 0.2) is 11.5 Å². The van der Waals surface area contributed by atoms with Gasteiger partial charge in [-0.15, -0.1) is 0 Å². The van der Waals surface area contributed by atoms with E-state index in [-0.39, 0.29) is 0 Å². The first-order valence-electron chi connectivity index (χ1n) is 7.75. The highest BCUT2D eigenvalue weighted by atomic mass is 16.5. The van der Waals surface area contributed by atoms with Crippen molar-refractivity contribution in [1.82, 2.24) is 15.1 Å². The fraction of sp³-hybridized carbons (Fsp3) is 0.105. The zero-order chi connectivity index (χ0) is 17.2. The zero-order valence-corrected chi connectivity index (χ0v) is 13.8. The summed E-state index contributed by atoms with van der Waals surface area (Å²) in [6, 6.07) is 13.3. The predicted octanol–water partition coefficient (Wildman–Crippen LogP) is 4.37. The number of para-hydroxylation sites is 1. The number of nitrogens with zero attached hydrogens (tertiary/aromatic N) is 3. The Hall–Kier alpha value is -3.41. The lowest BCUT2D eigenvalue weighted by Gasteiger charge is -2.02. The highest BCUT2D eigenvalue weighted by molar-refractivity contribution is 5.79. The summed E-state index contributed by atoms with van der Waals surface area (Å²) >= 11 is 0. The standard InChI is InChI=1S/C19H15N3O3/c1-12-20-15-11-14(7-9-17(15)24-12)19-21-18(25-22-19)10-8-13-5-3-4-6-16(13)23-2/h3-11H,1-2H3. The van der Waals surface area contributed by atoms with Crippen LogP contribution in [0.2, 0.25) is 0 Å². The van der Waals surface area contributed by atoms with Crippen molar-refractivity contribution in [3.8, 4) is 17.1 Å². The summed E-state index contributed by atoms with van der Waals surface area (Å²) in [6.07, 6.45) is 3.63. The van der Waals surface area contributed by atoms with E-state index in [1.807, 2.05) is 55.5 Å². The van der Waals surface area contributed by atoms with Gasteiger partial charge >= 0.3 is 0 Å². The van der Waals surface area contributed by atoms with Crippen LogP contribution in [-0.2, 0) is 0 Å². The van der Waals surface area contributed by atoms with Crippen LogP contribution >= 0.6 is 0 Å². The van der Waals surface area contributed by atoms with Crippen LogP contribution < -0.4 is 4.74 Å². The maximum absolute atomic E-state index is 5.47. The molecule has 0 aliphatic heterocycles. The van der Waals surface area contributed by atoms with Gasteiger partial charge in [-0.25, -0.2) is 4.98 Å². The summed E-state index contributed by atoms with van der Waals surface area (Å²) in [7, 11) is 1.64. The van der Waals surface area contributed by atoms with Crippen LogP contribution in [-0.4, -0.2) is 22.2 Å². The summed E-state index contributed by atoms with van der Waals surface area (Å²) < 4.78 is 16.1. The van der Waals surface area contributed by atoms with Crippen molar-refractivity contribution in [1.29, 1.82) is 0 Å². The fourth-order valence-electron chi connectivity index (χ4n) is 2.57. The summed E-state index contributed by atoms with van der Waals surface area (Å²) in [4.78, 5) is 8.72. The Morgan fingerprint density at radius 3 is 2.80 bits per heavy atom. The third-order valence-corrected chi connectivity index (χ3v) is 3.74. The number of rotatable bonds is 4. The number of hydrogen-bond acceptors (Lipinski definition) is 6. The number of fused-ring (bicyclic) bond motifs is 1. The minimum atomic E-state index is 0.414. The quantitative estimate of drug-likeness (QED) is 0.552. The number of ether oxygens (including phenoxy) is 1. The van der Waals surface area contributed by atoms with Crippen molar-refractivity contribution in [3.63, 3.8) is 0 Å². The van der Waals surface area contributed by atoms with Gasteiger partial charge in [0.2, 0.25) is 5.82 Å². The highest BCUT2D eigenvalue weighted by Crippen LogP contribution is 2.24. The summed E-state index contributed by atoms with van der Waals surface area (Å²) in [5.41, 5.74) is 3.26. The molecule has 0 fully saturated rings. The van der Waals surface area contributed by atoms with E-state index in [4.69, 9.17) is 13.7 Å². The van der Waals surface area contributed by atoms with E-state index < -0.39 is 0 Å². The number of aromatic nitrogens is 3. The first-order chi connectivity index (χ1) is 12.2. The van der Waals surface area contributed by atoms with E-state index in [1.54, 1.807) is 13.2 Å². The van der Waals surface area contributed by atoms with Crippen LogP contribution in [0, 0.1) is 6.92 Å². The smallest absolute Gasteiger partial charge is 0.250 e. The molecule has 6 nitrogen and oxygen atoms in total. The van der Waals surface area contributed by atoms with Gasteiger partial charge in [0, 0.05) is 24.1 Å². The molecule has 25 heavy (non-hydrogen) atoms. The van der Waals surface area contributed by atoms with E-state index in [9.17, 15) is 0 Å². The van der Waals surface area contributed by atoms with E-state index >= 15 is 0 Å². The first kappa shape index (κ1) is 15.1. The van der Waals surface area contributed by atoms with Crippen LogP contribution in [0.15, 0.2) is 51.4 Å². The third kappa shape index (κ3) is 3.01.